The Bertz CT molecular complexity index is 685. The molecule has 142 valence electrons. The molecule has 26 heavy (non-hydrogen) atoms. The van der Waals surface area contributed by atoms with Gasteiger partial charge in [0.25, 0.3) is 0 Å². The van der Waals surface area contributed by atoms with Crippen molar-refractivity contribution in [3.8, 4) is 5.75 Å². The van der Waals surface area contributed by atoms with Gasteiger partial charge in [-0.3, -0.25) is 0 Å². The Labute approximate surface area is 157 Å². The third-order valence-corrected chi connectivity index (χ3v) is 6.34. The van der Waals surface area contributed by atoms with Gasteiger partial charge in [-0.15, -0.1) is 0 Å². The van der Waals surface area contributed by atoms with Crippen molar-refractivity contribution < 1.29 is 4.74 Å². The summed E-state index contributed by atoms with van der Waals surface area (Å²) in [7, 11) is 0. The first-order valence-electron chi connectivity index (χ1n) is 10.5. The van der Waals surface area contributed by atoms with Gasteiger partial charge in [-0.2, -0.15) is 0 Å². The van der Waals surface area contributed by atoms with Crippen LogP contribution in [0.1, 0.15) is 63.5 Å². The van der Waals surface area contributed by atoms with E-state index in [1.54, 1.807) is 0 Å². The highest BCUT2D eigenvalue weighted by Crippen LogP contribution is 2.53. The molecule has 1 saturated carbocycles. The molecule has 0 radical (unpaired) electrons. The number of nitrogens with zero attached hydrogens (tertiary/aromatic N) is 2. The summed E-state index contributed by atoms with van der Waals surface area (Å²) in [6, 6.07) is 4.51. The van der Waals surface area contributed by atoms with Crippen LogP contribution >= 0.6 is 0 Å². The van der Waals surface area contributed by atoms with Gasteiger partial charge in [0.2, 0.25) is 0 Å². The number of hydrogen-bond acceptors (Lipinski definition) is 4. The SMILES string of the molecule is CC(C)Cc1cc2c(cc1OCCCN1CCCC1)N=C(N)C21CCC1. The van der Waals surface area contributed by atoms with E-state index in [1.165, 1.54) is 43.5 Å². The van der Waals surface area contributed by atoms with E-state index in [0.717, 1.165) is 56.1 Å². The third-order valence-electron chi connectivity index (χ3n) is 6.34. The van der Waals surface area contributed by atoms with Gasteiger partial charge < -0.3 is 15.4 Å². The molecule has 1 aliphatic carbocycles. The molecule has 2 N–H and O–H groups in total. The van der Waals surface area contributed by atoms with E-state index < -0.39 is 0 Å². The molecule has 0 aromatic heterocycles. The molecule has 4 nitrogen and oxygen atoms in total. The fourth-order valence-corrected chi connectivity index (χ4v) is 4.73. The van der Waals surface area contributed by atoms with Crippen LogP contribution in [0.15, 0.2) is 17.1 Å². The summed E-state index contributed by atoms with van der Waals surface area (Å²) in [6.45, 7) is 8.99. The Kier molecular flexibility index (Phi) is 4.96. The summed E-state index contributed by atoms with van der Waals surface area (Å²) < 4.78 is 6.24. The Morgan fingerprint density at radius 1 is 1.19 bits per heavy atom. The maximum atomic E-state index is 6.32. The summed E-state index contributed by atoms with van der Waals surface area (Å²) in [5.74, 6) is 2.45. The van der Waals surface area contributed by atoms with Crippen LogP contribution in [0.2, 0.25) is 0 Å². The number of benzene rings is 1. The minimum atomic E-state index is 0.0370. The monoisotopic (exact) mass is 355 g/mol. The van der Waals surface area contributed by atoms with Crippen LogP contribution < -0.4 is 10.5 Å². The molecular formula is C22H33N3O. The van der Waals surface area contributed by atoms with Crippen molar-refractivity contribution in [2.75, 3.05) is 26.2 Å². The van der Waals surface area contributed by atoms with E-state index in [4.69, 9.17) is 15.5 Å². The van der Waals surface area contributed by atoms with Crippen molar-refractivity contribution in [2.24, 2.45) is 16.6 Å². The molecule has 2 fully saturated rings. The smallest absolute Gasteiger partial charge is 0.124 e. The van der Waals surface area contributed by atoms with Crippen LogP contribution in [0.3, 0.4) is 0 Å². The van der Waals surface area contributed by atoms with Gasteiger partial charge in [0.15, 0.2) is 0 Å². The molecule has 0 atom stereocenters. The number of nitrogens with two attached hydrogens (primary N) is 1. The van der Waals surface area contributed by atoms with Crippen molar-refractivity contribution in [1.29, 1.82) is 0 Å². The topological polar surface area (TPSA) is 50.8 Å². The first-order chi connectivity index (χ1) is 12.6. The van der Waals surface area contributed by atoms with Gasteiger partial charge in [0.05, 0.1) is 17.7 Å². The molecule has 2 heterocycles. The average Bonchev–Trinajstić information content (AvgIpc) is 3.15. The fraction of sp³-hybridized carbons (Fsp3) is 0.682. The van der Waals surface area contributed by atoms with Gasteiger partial charge in [-0.25, -0.2) is 4.99 Å². The first-order valence-corrected chi connectivity index (χ1v) is 10.5. The predicted octanol–water partition coefficient (Wildman–Crippen LogP) is 4.17. The van der Waals surface area contributed by atoms with Gasteiger partial charge in [-0.05, 0) is 74.7 Å². The molecular weight excluding hydrogens is 322 g/mol. The number of fused-ring (bicyclic) bond motifs is 2. The summed E-state index contributed by atoms with van der Waals surface area (Å²) in [4.78, 5) is 7.25. The zero-order chi connectivity index (χ0) is 18.1. The van der Waals surface area contributed by atoms with Gasteiger partial charge in [-0.1, -0.05) is 20.3 Å². The van der Waals surface area contributed by atoms with Crippen LogP contribution in [-0.2, 0) is 11.8 Å². The average molecular weight is 356 g/mol. The van der Waals surface area contributed by atoms with Crippen molar-refractivity contribution in [2.45, 2.75) is 64.2 Å². The quantitative estimate of drug-likeness (QED) is 0.747. The molecule has 1 aromatic carbocycles. The lowest BCUT2D eigenvalue weighted by Gasteiger charge is -2.39. The van der Waals surface area contributed by atoms with Crippen molar-refractivity contribution in [3.63, 3.8) is 0 Å². The highest BCUT2D eigenvalue weighted by Gasteiger charge is 2.47. The van der Waals surface area contributed by atoms with Crippen LogP contribution in [0.25, 0.3) is 0 Å². The number of likely N-dealkylation sites (tertiary alicyclic amines) is 1. The fourth-order valence-electron chi connectivity index (χ4n) is 4.73. The van der Waals surface area contributed by atoms with E-state index in [-0.39, 0.29) is 5.41 Å². The standard InChI is InChI=1S/C22H33N3O/c1-16(2)13-17-14-18-19(24-21(23)22(18)7-5-8-22)15-20(17)26-12-6-11-25-9-3-4-10-25/h14-16H,3-13H2,1-2H3,(H2,23,24). The van der Waals surface area contributed by atoms with Gasteiger partial charge in [0.1, 0.15) is 11.6 Å². The molecule has 4 rings (SSSR count). The Morgan fingerprint density at radius 2 is 1.96 bits per heavy atom. The molecule has 0 unspecified atom stereocenters. The molecule has 2 aliphatic heterocycles. The number of hydrogen-bond donors (Lipinski definition) is 1. The summed E-state index contributed by atoms with van der Waals surface area (Å²) in [5, 5.41) is 0. The number of amidine groups is 1. The van der Waals surface area contributed by atoms with E-state index in [1.807, 2.05) is 0 Å². The summed E-state index contributed by atoms with van der Waals surface area (Å²) in [5.41, 5.74) is 10.1. The predicted molar refractivity (Wildman–Crippen MR) is 108 cm³/mol. The zero-order valence-corrected chi connectivity index (χ0v) is 16.4. The lowest BCUT2D eigenvalue weighted by atomic mass is 9.64. The lowest BCUT2D eigenvalue weighted by molar-refractivity contribution is 0.261. The van der Waals surface area contributed by atoms with Crippen LogP contribution in [0.5, 0.6) is 5.75 Å². The molecule has 0 amide bonds. The minimum absolute atomic E-state index is 0.0370. The van der Waals surface area contributed by atoms with E-state index >= 15 is 0 Å². The maximum Gasteiger partial charge on any atom is 0.124 e. The summed E-state index contributed by atoms with van der Waals surface area (Å²) in [6.07, 6.45) is 8.39. The second-order valence-electron chi connectivity index (χ2n) is 8.76. The van der Waals surface area contributed by atoms with Gasteiger partial charge in [0, 0.05) is 12.6 Å². The number of aliphatic imine (C=N–C) groups is 1. The second-order valence-corrected chi connectivity index (χ2v) is 8.76. The Hall–Kier alpha value is -1.55. The molecule has 3 aliphatic rings. The molecule has 4 heteroatoms. The van der Waals surface area contributed by atoms with E-state index in [0.29, 0.717) is 5.92 Å². The van der Waals surface area contributed by atoms with Crippen molar-refractivity contribution >= 4 is 11.5 Å². The Balaban J connectivity index is 1.49. The normalized spacial score (nSPS) is 21.1. The maximum absolute atomic E-state index is 6.32. The molecule has 1 saturated heterocycles. The van der Waals surface area contributed by atoms with Crippen molar-refractivity contribution in [1.82, 2.24) is 4.90 Å². The summed E-state index contributed by atoms with van der Waals surface area (Å²) >= 11 is 0. The zero-order valence-electron chi connectivity index (χ0n) is 16.4. The van der Waals surface area contributed by atoms with Gasteiger partial charge >= 0.3 is 0 Å². The largest absolute Gasteiger partial charge is 0.493 e. The molecule has 1 spiro atoms. The minimum Gasteiger partial charge on any atom is -0.493 e. The molecule has 1 aromatic rings. The van der Waals surface area contributed by atoms with Crippen LogP contribution in [0, 0.1) is 5.92 Å². The van der Waals surface area contributed by atoms with Crippen molar-refractivity contribution in [3.05, 3.63) is 23.3 Å². The Morgan fingerprint density at radius 3 is 2.62 bits per heavy atom. The number of rotatable bonds is 7. The third kappa shape index (κ3) is 3.24. The highest BCUT2D eigenvalue weighted by atomic mass is 16.5. The highest BCUT2D eigenvalue weighted by molar-refractivity contribution is 6.00. The van der Waals surface area contributed by atoms with Crippen LogP contribution in [-0.4, -0.2) is 37.0 Å². The molecule has 0 bridgehead atoms. The van der Waals surface area contributed by atoms with Crippen LogP contribution in [0.4, 0.5) is 5.69 Å². The second kappa shape index (κ2) is 7.22. The first kappa shape index (κ1) is 17.8. The van der Waals surface area contributed by atoms with E-state index in [2.05, 4.69) is 30.9 Å². The number of ether oxygens (including phenoxy) is 1. The lowest BCUT2D eigenvalue weighted by Crippen LogP contribution is -2.44. The van der Waals surface area contributed by atoms with E-state index in [9.17, 15) is 0 Å².